The van der Waals surface area contributed by atoms with E-state index >= 15 is 0 Å². The van der Waals surface area contributed by atoms with Crippen molar-refractivity contribution in [3.63, 3.8) is 0 Å². The lowest BCUT2D eigenvalue weighted by Gasteiger charge is -2.06. The third-order valence-corrected chi connectivity index (χ3v) is 2.64. The Balaban J connectivity index is 2.33. The number of hydrogen-bond acceptors (Lipinski definition) is 5. The molecule has 19 heavy (non-hydrogen) atoms. The lowest BCUT2D eigenvalue weighted by Crippen LogP contribution is -2.15. The van der Waals surface area contributed by atoms with E-state index in [9.17, 15) is 4.79 Å². The second-order valence-electron chi connectivity index (χ2n) is 3.90. The highest BCUT2D eigenvalue weighted by Crippen LogP contribution is 2.21. The molecule has 0 fully saturated rings. The van der Waals surface area contributed by atoms with Crippen LogP contribution in [-0.4, -0.2) is 25.8 Å². The van der Waals surface area contributed by atoms with Gasteiger partial charge in [0.25, 0.3) is 5.91 Å². The van der Waals surface area contributed by atoms with Gasteiger partial charge in [0, 0.05) is 18.0 Å². The lowest BCUT2D eigenvalue weighted by atomic mass is 10.1. The van der Waals surface area contributed by atoms with E-state index in [2.05, 4.69) is 19.9 Å². The van der Waals surface area contributed by atoms with Crippen molar-refractivity contribution in [2.24, 2.45) is 5.73 Å². The van der Waals surface area contributed by atoms with E-state index in [0.29, 0.717) is 22.3 Å². The predicted octanol–water partition coefficient (Wildman–Crippen LogP) is 1.19. The van der Waals surface area contributed by atoms with Crippen LogP contribution in [0.15, 0.2) is 43.0 Å². The first-order valence-electron chi connectivity index (χ1n) is 5.57. The van der Waals surface area contributed by atoms with Gasteiger partial charge in [0.2, 0.25) is 0 Å². The molecule has 2 N–H and O–H groups in total. The van der Waals surface area contributed by atoms with E-state index in [1.807, 2.05) is 18.2 Å². The second kappa shape index (κ2) is 4.41. The van der Waals surface area contributed by atoms with Gasteiger partial charge in [0.05, 0.1) is 11.0 Å². The Morgan fingerprint density at radius 3 is 2.26 bits per heavy atom. The molecule has 0 aliphatic rings. The third kappa shape index (κ3) is 1.99. The van der Waals surface area contributed by atoms with Crippen molar-refractivity contribution >= 4 is 16.9 Å². The number of amides is 1. The van der Waals surface area contributed by atoms with Crippen LogP contribution in [0.5, 0.6) is 0 Å². The normalized spacial score (nSPS) is 10.5. The number of nitrogens with zero attached hydrogens (tertiary/aromatic N) is 4. The van der Waals surface area contributed by atoms with Gasteiger partial charge in [-0.2, -0.15) is 0 Å². The van der Waals surface area contributed by atoms with Crippen LogP contribution in [0.2, 0.25) is 0 Å². The third-order valence-electron chi connectivity index (χ3n) is 2.64. The molecular formula is C13H9N5O. The summed E-state index contributed by atoms with van der Waals surface area (Å²) in [5.41, 5.74) is 7.79. The maximum absolute atomic E-state index is 11.5. The molecule has 3 rings (SSSR count). The highest BCUT2D eigenvalue weighted by Gasteiger charge is 2.15. The number of primary amides is 1. The number of rotatable bonds is 2. The predicted molar refractivity (Wildman–Crippen MR) is 69.1 cm³/mol. The minimum atomic E-state index is -0.628. The lowest BCUT2D eigenvalue weighted by molar-refractivity contribution is 0.0996. The highest BCUT2D eigenvalue weighted by molar-refractivity contribution is 5.98. The van der Waals surface area contributed by atoms with Crippen LogP contribution in [0.4, 0.5) is 0 Å². The molecule has 0 bridgehead atoms. The van der Waals surface area contributed by atoms with Gasteiger partial charge in [-0.3, -0.25) is 4.79 Å². The van der Waals surface area contributed by atoms with Crippen molar-refractivity contribution in [2.75, 3.05) is 0 Å². The van der Waals surface area contributed by atoms with E-state index in [4.69, 9.17) is 5.73 Å². The summed E-state index contributed by atoms with van der Waals surface area (Å²) in [4.78, 5) is 28.0. The Morgan fingerprint density at radius 2 is 1.63 bits per heavy atom. The zero-order valence-electron chi connectivity index (χ0n) is 9.82. The van der Waals surface area contributed by atoms with E-state index in [1.54, 1.807) is 18.5 Å². The summed E-state index contributed by atoms with van der Waals surface area (Å²) < 4.78 is 0. The fourth-order valence-corrected chi connectivity index (χ4v) is 1.79. The molecule has 0 saturated heterocycles. The smallest absolute Gasteiger partial charge is 0.269 e. The number of carbonyl (C=O) groups is 1. The van der Waals surface area contributed by atoms with Gasteiger partial charge in [-0.15, -0.1) is 0 Å². The van der Waals surface area contributed by atoms with Crippen LogP contribution in [0.25, 0.3) is 22.3 Å². The van der Waals surface area contributed by atoms with Crippen LogP contribution in [-0.2, 0) is 0 Å². The molecule has 2 heterocycles. The fourth-order valence-electron chi connectivity index (χ4n) is 1.79. The molecule has 6 nitrogen and oxygen atoms in total. The molecule has 0 saturated carbocycles. The monoisotopic (exact) mass is 251 g/mol. The molecule has 0 aliphatic heterocycles. The van der Waals surface area contributed by atoms with Crippen LogP contribution in [0, 0.1) is 0 Å². The van der Waals surface area contributed by atoms with Gasteiger partial charge < -0.3 is 5.73 Å². The molecule has 0 atom stereocenters. The van der Waals surface area contributed by atoms with Crippen LogP contribution < -0.4 is 5.73 Å². The first kappa shape index (κ1) is 11.2. The van der Waals surface area contributed by atoms with Crippen molar-refractivity contribution in [1.82, 2.24) is 19.9 Å². The Bertz CT molecular complexity index is 757. The van der Waals surface area contributed by atoms with Gasteiger partial charge in [-0.25, -0.2) is 19.9 Å². The summed E-state index contributed by atoms with van der Waals surface area (Å²) in [5.74, 6) is -0.628. The summed E-state index contributed by atoms with van der Waals surface area (Å²) >= 11 is 0. The van der Waals surface area contributed by atoms with Crippen LogP contribution in [0.1, 0.15) is 10.5 Å². The summed E-state index contributed by atoms with van der Waals surface area (Å²) in [6, 6.07) is 7.28. The average molecular weight is 251 g/mol. The number of nitrogens with two attached hydrogens (primary N) is 1. The maximum Gasteiger partial charge on any atom is 0.269 e. The van der Waals surface area contributed by atoms with Crippen molar-refractivity contribution in [3.8, 4) is 11.3 Å². The topological polar surface area (TPSA) is 94.7 Å². The Labute approximate surface area is 108 Å². The molecule has 1 aromatic carbocycles. The van der Waals surface area contributed by atoms with Gasteiger partial charge in [-0.05, 0) is 12.1 Å². The summed E-state index contributed by atoms with van der Waals surface area (Å²) in [6.07, 6.45) is 4.54. The number of para-hydroxylation sites is 2. The molecule has 0 unspecified atom stereocenters. The van der Waals surface area contributed by atoms with Gasteiger partial charge in [0.15, 0.2) is 5.69 Å². The quantitative estimate of drug-likeness (QED) is 0.738. The molecule has 2 aromatic heterocycles. The summed E-state index contributed by atoms with van der Waals surface area (Å²) in [6.45, 7) is 0. The first-order valence-corrected chi connectivity index (χ1v) is 5.57. The van der Waals surface area contributed by atoms with Crippen molar-refractivity contribution in [1.29, 1.82) is 0 Å². The van der Waals surface area contributed by atoms with Crippen molar-refractivity contribution in [3.05, 3.63) is 48.7 Å². The zero-order valence-corrected chi connectivity index (χ0v) is 9.82. The molecule has 0 aliphatic carbocycles. The van der Waals surface area contributed by atoms with Crippen molar-refractivity contribution in [2.45, 2.75) is 0 Å². The number of aromatic nitrogens is 4. The molecule has 0 spiro atoms. The van der Waals surface area contributed by atoms with Crippen LogP contribution >= 0.6 is 0 Å². The van der Waals surface area contributed by atoms with E-state index in [-0.39, 0.29) is 5.69 Å². The average Bonchev–Trinajstić information content (AvgIpc) is 2.46. The Hall–Kier alpha value is -2.89. The SMILES string of the molecule is NC(=O)c1nc2ccccc2nc1-c1cncnc1. The van der Waals surface area contributed by atoms with E-state index in [0.717, 1.165) is 0 Å². The molecular weight excluding hydrogens is 242 g/mol. The molecule has 1 amide bonds. The Kier molecular flexibility index (Phi) is 2.60. The standard InChI is InChI=1S/C13H9N5O/c14-13(19)12-11(8-5-15-7-16-6-8)17-9-3-1-2-4-10(9)18-12/h1-7H,(H2,14,19). The molecule has 3 aromatic rings. The Morgan fingerprint density at radius 1 is 1.00 bits per heavy atom. The van der Waals surface area contributed by atoms with Gasteiger partial charge in [0.1, 0.15) is 12.0 Å². The minimum Gasteiger partial charge on any atom is -0.364 e. The summed E-state index contributed by atoms with van der Waals surface area (Å²) in [7, 11) is 0. The maximum atomic E-state index is 11.5. The largest absolute Gasteiger partial charge is 0.364 e. The van der Waals surface area contributed by atoms with Gasteiger partial charge in [-0.1, -0.05) is 12.1 Å². The van der Waals surface area contributed by atoms with E-state index in [1.165, 1.54) is 6.33 Å². The number of fused-ring (bicyclic) bond motifs is 1. The van der Waals surface area contributed by atoms with E-state index < -0.39 is 5.91 Å². The number of hydrogen-bond donors (Lipinski definition) is 1. The fraction of sp³-hybridized carbons (Fsp3) is 0. The van der Waals surface area contributed by atoms with Gasteiger partial charge >= 0.3 is 0 Å². The first-order chi connectivity index (χ1) is 9.25. The van der Waals surface area contributed by atoms with Crippen LogP contribution in [0.3, 0.4) is 0 Å². The number of benzene rings is 1. The van der Waals surface area contributed by atoms with Crippen molar-refractivity contribution < 1.29 is 4.79 Å². The number of carbonyl (C=O) groups excluding carboxylic acids is 1. The zero-order chi connectivity index (χ0) is 13.2. The highest BCUT2D eigenvalue weighted by atomic mass is 16.1. The molecule has 6 heteroatoms. The minimum absolute atomic E-state index is 0.119. The molecule has 0 radical (unpaired) electrons. The molecule has 92 valence electrons. The summed E-state index contributed by atoms with van der Waals surface area (Å²) in [5, 5.41) is 0. The second-order valence-corrected chi connectivity index (χ2v) is 3.90.